The maximum Gasteiger partial charge on any atom is 0.303 e. The van der Waals surface area contributed by atoms with Crippen LogP contribution in [0.4, 0.5) is 5.69 Å². The third kappa shape index (κ3) is 5.85. The number of amides is 1. The van der Waals surface area contributed by atoms with Gasteiger partial charge in [0.1, 0.15) is 5.60 Å². The van der Waals surface area contributed by atoms with E-state index in [1.807, 2.05) is 29.2 Å². The Kier molecular flexibility index (Phi) is 7.53. The van der Waals surface area contributed by atoms with Crippen molar-refractivity contribution >= 4 is 17.6 Å². The van der Waals surface area contributed by atoms with Gasteiger partial charge in [0, 0.05) is 38.3 Å². The largest absolute Gasteiger partial charge is 0.459 e. The zero-order valence-corrected chi connectivity index (χ0v) is 19.9. The van der Waals surface area contributed by atoms with Crippen LogP contribution in [0.2, 0.25) is 0 Å². The number of hydrogen-bond acceptors (Lipinski definition) is 5. The molecule has 0 spiro atoms. The van der Waals surface area contributed by atoms with E-state index in [9.17, 15) is 9.59 Å². The summed E-state index contributed by atoms with van der Waals surface area (Å²) in [6.45, 7) is 6.35. The number of aryl methyl sites for hydroxylation is 1. The van der Waals surface area contributed by atoms with Crippen LogP contribution in [-0.4, -0.2) is 48.1 Å². The zero-order valence-electron chi connectivity index (χ0n) is 19.9. The molecular weight excluding hydrogens is 416 g/mol. The van der Waals surface area contributed by atoms with E-state index in [4.69, 9.17) is 9.15 Å². The Hall–Kier alpha value is -2.60. The van der Waals surface area contributed by atoms with Crippen LogP contribution >= 0.6 is 0 Å². The standard InChI is InChI=1S/C27H36N2O4/c1-21-8-10-23(11-9-21)29(26(31)25-7-6-20-32-25)24-12-17-28(18-13-24)19-16-27(33-22(2)30)14-4-3-5-15-27/h6-11,20,24H,3-5,12-19H2,1-2H3. The third-order valence-electron chi connectivity index (χ3n) is 7.19. The van der Waals surface area contributed by atoms with Gasteiger partial charge in [-0.25, -0.2) is 0 Å². The first-order valence-electron chi connectivity index (χ1n) is 12.3. The van der Waals surface area contributed by atoms with Gasteiger partial charge in [-0.05, 0) is 76.1 Å². The molecule has 1 saturated carbocycles. The molecule has 6 nitrogen and oxygen atoms in total. The Bertz CT molecular complexity index is 908. The second-order valence-electron chi connectivity index (χ2n) is 9.65. The van der Waals surface area contributed by atoms with Crippen molar-refractivity contribution in [1.82, 2.24) is 4.90 Å². The number of rotatable bonds is 7. The van der Waals surface area contributed by atoms with Crippen LogP contribution in [0.25, 0.3) is 0 Å². The molecule has 0 N–H and O–H groups in total. The molecule has 0 bridgehead atoms. The lowest BCUT2D eigenvalue weighted by Crippen LogP contribution is -2.49. The SMILES string of the molecule is CC(=O)OC1(CCN2CCC(N(C(=O)c3ccco3)c3ccc(C)cc3)CC2)CCCCC1. The fourth-order valence-corrected chi connectivity index (χ4v) is 5.39. The van der Waals surface area contributed by atoms with Gasteiger partial charge in [0.2, 0.25) is 0 Å². The van der Waals surface area contributed by atoms with E-state index in [2.05, 4.69) is 11.8 Å². The summed E-state index contributed by atoms with van der Waals surface area (Å²) in [7, 11) is 0. The first-order valence-corrected chi connectivity index (χ1v) is 12.3. The molecule has 0 radical (unpaired) electrons. The van der Waals surface area contributed by atoms with Gasteiger partial charge in [0.25, 0.3) is 5.91 Å². The van der Waals surface area contributed by atoms with E-state index in [0.29, 0.717) is 5.76 Å². The van der Waals surface area contributed by atoms with Crippen LogP contribution in [0.5, 0.6) is 0 Å². The van der Waals surface area contributed by atoms with Crippen LogP contribution in [-0.2, 0) is 9.53 Å². The molecule has 0 unspecified atom stereocenters. The summed E-state index contributed by atoms with van der Waals surface area (Å²) in [5.41, 5.74) is 1.80. The first-order chi connectivity index (χ1) is 16.0. The summed E-state index contributed by atoms with van der Waals surface area (Å²) in [5, 5.41) is 0. The fraction of sp³-hybridized carbons (Fsp3) is 0.556. The predicted molar refractivity (Wildman–Crippen MR) is 128 cm³/mol. The number of nitrogens with zero attached hydrogens (tertiary/aromatic N) is 2. The number of esters is 1. The highest BCUT2D eigenvalue weighted by Crippen LogP contribution is 2.35. The van der Waals surface area contributed by atoms with E-state index in [1.165, 1.54) is 18.9 Å². The summed E-state index contributed by atoms with van der Waals surface area (Å²) < 4.78 is 11.3. The number of likely N-dealkylation sites (tertiary alicyclic amines) is 1. The van der Waals surface area contributed by atoms with Crippen molar-refractivity contribution in [2.75, 3.05) is 24.5 Å². The number of ether oxygens (including phenoxy) is 1. The Morgan fingerprint density at radius 3 is 2.39 bits per heavy atom. The molecule has 0 atom stereocenters. The minimum absolute atomic E-state index is 0.0849. The van der Waals surface area contributed by atoms with Crippen LogP contribution in [0.3, 0.4) is 0 Å². The van der Waals surface area contributed by atoms with Gasteiger partial charge < -0.3 is 19.0 Å². The van der Waals surface area contributed by atoms with Crippen molar-refractivity contribution < 1.29 is 18.7 Å². The van der Waals surface area contributed by atoms with Crippen molar-refractivity contribution in [1.29, 1.82) is 0 Å². The topological polar surface area (TPSA) is 63.0 Å². The van der Waals surface area contributed by atoms with E-state index in [1.54, 1.807) is 18.4 Å². The maximum absolute atomic E-state index is 13.3. The van der Waals surface area contributed by atoms with Gasteiger partial charge in [-0.2, -0.15) is 0 Å². The molecule has 2 heterocycles. The molecule has 33 heavy (non-hydrogen) atoms. The summed E-state index contributed by atoms with van der Waals surface area (Å²) in [5.74, 6) is 0.123. The lowest BCUT2D eigenvalue weighted by Gasteiger charge is -2.41. The van der Waals surface area contributed by atoms with Gasteiger partial charge in [-0.1, -0.05) is 24.1 Å². The smallest absolute Gasteiger partial charge is 0.303 e. The van der Waals surface area contributed by atoms with Crippen LogP contribution in [0.15, 0.2) is 47.1 Å². The quantitative estimate of drug-likeness (QED) is 0.530. The van der Waals surface area contributed by atoms with Crippen molar-refractivity contribution in [3.05, 3.63) is 54.0 Å². The Balaban J connectivity index is 1.40. The summed E-state index contributed by atoms with van der Waals surface area (Å²) >= 11 is 0. The number of piperidine rings is 1. The van der Waals surface area contributed by atoms with E-state index < -0.39 is 0 Å². The minimum atomic E-state index is -0.288. The van der Waals surface area contributed by atoms with Gasteiger partial charge in [0.15, 0.2) is 5.76 Å². The van der Waals surface area contributed by atoms with E-state index in [0.717, 1.165) is 70.3 Å². The second-order valence-corrected chi connectivity index (χ2v) is 9.65. The number of carbonyl (C=O) groups excluding carboxylic acids is 2. The summed E-state index contributed by atoms with van der Waals surface area (Å²) in [4.78, 5) is 29.4. The molecule has 1 aliphatic carbocycles. The molecule has 1 aromatic heterocycles. The van der Waals surface area contributed by atoms with Gasteiger partial charge in [-0.15, -0.1) is 0 Å². The highest BCUT2D eigenvalue weighted by molar-refractivity contribution is 6.04. The van der Waals surface area contributed by atoms with Crippen molar-refractivity contribution in [2.45, 2.75) is 76.9 Å². The average molecular weight is 453 g/mol. The number of carbonyl (C=O) groups is 2. The molecule has 1 aliphatic heterocycles. The monoisotopic (exact) mass is 452 g/mol. The highest BCUT2D eigenvalue weighted by atomic mass is 16.6. The molecule has 6 heteroatoms. The van der Waals surface area contributed by atoms with Crippen LogP contribution < -0.4 is 4.90 Å². The summed E-state index contributed by atoms with van der Waals surface area (Å²) in [6.07, 6.45) is 9.70. The minimum Gasteiger partial charge on any atom is -0.459 e. The second kappa shape index (κ2) is 10.6. The van der Waals surface area contributed by atoms with Crippen LogP contribution in [0, 0.1) is 6.92 Å². The lowest BCUT2D eigenvalue weighted by molar-refractivity contribution is -0.162. The molecular formula is C27H36N2O4. The number of furan rings is 1. The predicted octanol–water partition coefficient (Wildman–Crippen LogP) is 5.36. The van der Waals surface area contributed by atoms with Gasteiger partial charge in [0.05, 0.1) is 6.26 Å². The lowest BCUT2D eigenvalue weighted by atomic mass is 9.82. The molecule has 4 rings (SSSR count). The van der Waals surface area contributed by atoms with Crippen molar-refractivity contribution in [2.24, 2.45) is 0 Å². The highest BCUT2D eigenvalue weighted by Gasteiger charge is 2.36. The van der Waals surface area contributed by atoms with Crippen molar-refractivity contribution in [3.63, 3.8) is 0 Å². The Morgan fingerprint density at radius 1 is 1.09 bits per heavy atom. The number of hydrogen-bond donors (Lipinski definition) is 0. The van der Waals surface area contributed by atoms with Crippen LogP contribution in [0.1, 0.15) is 74.4 Å². The first kappa shape index (κ1) is 23.6. The molecule has 1 aromatic carbocycles. The third-order valence-corrected chi connectivity index (χ3v) is 7.19. The molecule has 2 aromatic rings. The normalized spacial score (nSPS) is 19.2. The number of anilines is 1. The molecule has 2 aliphatic rings. The molecule has 178 valence electrons. The molecule has 1 amide bonds. The Labute approximate surface area is 196 Å². The zero-order chi connectivity index (χ0) is 23.3. The van der Waals surface area contributed by atoms with E-state index >= 15 is 0 Å². The number of benzene rings is 1. The van der Waals surface area contributed by atoms with Gasteiger partial charge in [-0.3, -0.25) is 9.59 Å². The molecule has 1 saturated heterocycles. The Morgan fingerprint density at radius 2 is 1.79 bits per heavy atom. The maximum atomic E-state index is 13.3. The fourth-order valence-electron chi connectivity index (χ4n) is 5.39. The summed E-state index contributed by atoms with van der Waals surface area (Å²) in [6, 6.07) is 11.8. The van der Waals surface area contributed by atoms with Gasteiger partial charge >= 0.3 is 5.97 Å². The van der Waals surface area contributed by atoms with E-state index in [-0.39, 0.29) is 23.5 Å². The average Bonchev–Trinajstić information content (AvgIpc) is 3.35. The molecule has 2 fully saturated rings. The van der Waals surface area contributed by atoms with Crippen molar-refractivity contribution in [3.8, 4) is 0 Å².